The topological polar surface area (TPSA) is 63.2 Å². The second kappa shape index (κ2) is 6.76. The molecule has 0 N–H and O–H groups in total. The summed E-state index contributed by atoms with van der Waals surface area (Å²) in [7, 11) is 0. The Balaban J connectivity index is 4.97. The van der Waals surface area contributed by atoms with Crippen molar-refractivity contribution >= 4 is 6.22 Å². The molecule has 0 aliphatic rings. The Hall–Kier alpha value is -1.53. The lowest BCUT2D eigenvalue weighted by molar-refractivity contribution is -0.617. The molecule has 24 heavy (non-hydrogen) atoms. The zero-order chi connectivity index (χ0) is 19.6. The molecule has 0 aromatic rings. The molecule has 0 bridgehead atoms. The fourth-order valence-corrected chi connectivity index (χ4v) is 0.726. The Kier molecular flexibility index (Phi) is 6.33. The monoisotopic (exact) mass is 396 g/mol. The summed E-state index contributed by atoms with van der Waals surface area (Å²) in [6, 6.07) is 0. The molecule has 0 unspecified atom stereocenters. The maximum Gasteiger partial charge on any atom is 0.545 e. The number of halogens is 12. The molecular weight excluding hydrogens is 396 g/mol. The van der Waals surface area contributed by atoms with Crippen LogP contribution in [0.1, 0.15) is 0 Å². The molecule has 0 aromatic heterocycles. The van der Waals surface area contributed by atoms with Gasteiger partial charge in [0, 0.05) is 0 Å². The summed E-state index contributed by atoms with van der Waals surface area (Å²) in [5.41, 5.74) is 0. The third kappa shape index (κ3) is 10.3. The molecule has 0 saturated heterocycles. The van der Waals surface area contributed by atoms with Crippen molar-refractivity contribution in [2.75, 3.05) is 0 Å². The third-order valence-electron chi connectivity index (χ3n) is 1.15. The number of carbonyl (C=O) groups is 1. The van der Waals surface area contributed by atoms with Crippen LogP contribution in [0.15, 0.2) is 0 Å². The van der Waals surface area contributed by atoms with E-state index in [0.29, 0.717) is 0 Å². The fourth-order valence-electron chi connectivity index (χ4n) is 0.726. The molecule has 0 aliphatic heterocycles. The standard InChI is InChI=1S/C6F12O6/c7-1(19)20-3(11,12)22-5(15,16)24-6(17,18)23-4(13,14)21-2(8,9)10. The second-order valence-electron chi connectivity index (χ2n) is 3.05. The van der Waals surface area contributed by atoms with Crippen molar-refractivity contribution in [3.05, 3.63) is 0 Å². The summed E-state index contributed by atoms with van der Waals surface area (Å²) in [4.78, 5) is 9.42. The lowest BCUT2D eigenvalue weighted by Gasteiger charge is -2.26. The minimum Gasteiger partial charge on any atom is -0.350 e. The van der Waals surface area contributed by atoms with E-state index in [0.717, 1.165) is 0 Å². The van der Waals surface area contributed by atoms with Crippen molar-refractivity contribution in [1.82, 2.24) is 0 Å². The van der Waals surface area contributed by atoms with E-state index in [9.17, 15) is 57.5 Å². The fraction of sp³-hybridized carbons (Fsp3) is 0.833. The molecule has 0 radical (unpaired) electrons. The Morgan fingerprint density at radius 3 is 1.12 bits per heavy atom. The largest absolute Gasteiger partial charge is 0.545 e. The SMILES string of the molecule is O=C(F)OC(F)(F)OC(F)(F)OC(F)(F)OC(F)(F)OC(F)(F)F. The number of ether oxygens (including phenoxy) is 5. The second-order valence-corrected chi connectivity index (χ2v) is 3.05. The normalized spacial score (nSPS) is 14.7. The third-order valence-corrected chi connectivity index (χ3v) is 1.15. The zero-order valence-electron chi connectivity index (χ0n) is 9.99. The van der Waals surface area contributed by atoms with Gasteiger partial charge in [-0.25, -0.2) is 14.3 Å². The molecule has 0 aromatic carbocycles. The number of carbonyl (C=O) groups excluding carboxylic acids is 1. The van der Waals surface area contributed by atoms with Gasteiger partial charge in [0.2, 0.25) is 0 Å². The molecule has 0 aliphatic carbocycles. The van der Waals surface area contributed by atoms with Gasteiger partial charge < -0.3 is 4.74 Å². The highest BCUT2D eigenvalue weighted by molar-refractivity contribution is 5.58. The van der Waals surface area contributed by atoms with Crippen LogP contribution < -0.4 is 0 Å². The molecule has 6 nitrogen and oxygen atoms in total. The minimum absolute atomic E-state index is 1.66. The molecule has 0 atom stereocenters. The number of hydrogen-bond donors (Lipinski definition) is 0. The average Bonchev–Trinajstić information content (AvgIpc) is 2.00. The van der Waals surface area contributed by atoms with E-state index in [-0.39, 0.29) is 0 Å². The number of alkyl halides is 11. The summed E-state index contributed by atoms with van der Waals surface area (Å²) >= 11 is 0. The van der Waals surface area contributed by atoms with Crippen LogP contribution in [0.5, 0.6) is 0 Å². The highest BCUT2D eigenvalue weighted by Gasteiger charge is 2.60. The molecular formula is C6F12O6. The molecule has 0 heterocycles. The highest BCUT2D eigenvalue weighted by Crippen LogP contribution is 2.39. The van der Waals surface area contributed by atoms with Gasteiger partial charge in [0.15, 0.2) is 0 Å². The average molecular weight is 396 g/mol. The maximum atomic E-state index is 12.5. The predicted octanol–water partition coefficient (Wildman–Crippen LogP) is 3.88. The first kappa shape index (κ1) is 22.5. The van der Waals surface area contributed by atoms with Gasteiger partial charge in [0.25, 0.3) is 0 Å². The first-order chi connectivity index (χ1) is 10.2. The molecule has 0 saturated carbocycles. The first-order valence-corrected chi connectivity index (χ1v) is 4.51. The van der Waals surface area contributed by atoms with Gasteiger partial charge in [-0.15, -0.1) is 52.7 Å². The molecule has 0 fully saturated rings. The Morgan fingerprint density at radius 1 is 0.542 bits per heavy atom. The molecule has 0 rings (SSSR count). The van der Waals surface area contributed by atoms with Gasteiger partial charge >= 0.3 is 37.8 Å². The molecule has 0 spiro atoms. The van der Waals surface area contributed by atoms with Gasteiger partial charge in [-0.2, -0.15) is 9.47 Å². The van der Waals surface area contributed by atoms with Crippen LogP contribution in [0.3, 0.4) is 0 Å². The van der Waals surface area contributed by atoms with Crippen molar-refractivity contribution in [2.45, 2.75) is 31.5 Å². The summed E-state index contributed by atoms with van der Waals surface area (Å²) in [6.45, 7) is 0. The van der Waals surface area contributed by atoms with Crippen LogP contribution in [0, 0.1) is 0 Å². The minimum atomic E-state index is -6.42. The maximum absolute atomic E-state index is 12.5. The summed E-state index contributed by atoms with van der Waals surface area (Å²) < 4.78 is 154. The summed E-state index contributed by atoms with van der Waals surface area (Å²) in [5, 5.41) is 0. The van der Waals surface area contributed by atoms with E-state index in [1.807, 2.05) is 14.2 Å². The van der Waals surface area contributed by atoms with Gasteiger partial charge in [-0.3, -0.25) is 0 Å². The molecule has 144 valence electrons. The van der Waals surface area contributed by atoms with E-state index in [1.54, 1.807) is 4.74 Å². The van der Waals surface area contributed by atoms with Gasteiger partial charge in [-0.1, -0.05) is 0 Å². The van der Waals surface area contributed by atoms with Crippen molar-refractivity contribution in [1.29, 1.82) is 0 Å². The summed E-state index contributed by atoms with van der Waals surface area (Å²) in [6.07, 6.45) is -34.8. The lowest BCUT2D eigenvalue weighted by Crippen LogP contribution is -2.46. The van der Waals surface area contributed by atoms with Crippen LogP contribution in [0.25, 0.3) is 0 Å². The van der Waals surface area contributed by atoms with Crippen molar-refractivity contribution in [3.8, 4) is 0 Å². The van der Waals surface area contributed by atoms with Crippen LogP contribution in [0.4, 0.5) is 57.5 Å². The van der Waals surface area contributed by atoms with E-state index < -0.39 is 37.8 Å². The van der Waals surface area contributed by atoms with Gasteiger partial charge in [0.05, 0.1) is 0 Å². The number of rotatable bonds is 8. The molecule has 0 amide bonds. The van der Waals surface area contributed by atoms with Crippen LogP contribution in [-0.2, 0) is 23.7 Å². The van der Waals surface area contributed by atoms with E-state index in [4.69, 9.17) is 0 Å². The quantitative estimate of drug-likeness (QED) is 0.353. The van der Waals surface area contributed by atoms with Crippen LogP contribution in [0.2, 0.25) is 0 Å². The Labute approximate surface area is 120 Å². The van der Waals surface area contributed by atoms with Gasteiger partial charge in [-0.05, 0) is 0 Å². The Bertz CT molecular complexity index is 446. The van der Waals surface area contributed by atoms with Crippen LogP contribution >= 0.6 is 0 Å². The van der Waals surface area contributed by atoms with Crippen molar-refractivity contribution in [2.24, 2.45) is 0 Å². The lowest BCUT2D eigenvalue weighted by atomic mass is 11.0. The van der Waals surface area contributed by atoms with Crippen LogP contribution in [-0.4, -0.2) is 37.8 Å². The van der Waals surface area contributed by atoms with Crippen molar-refractivity contribution in [3.63, 3.8) is 0 Å². The van der Waals surface area contributed by atoms with E-state index in [2.05, 4.69) is 4.74 Å². The molecule has 18 heteroatoms. The Morgan fingerprint density at radius 2 is 0.833 bits per heavy atom. The summed E-state index contributed by atoms with van der Waals surface area (Å²) in [5.74, 6) is 0. The van der Waals surface area contributed by atoms with Gasteiger partial charge in [0.1, 0.15) is 0 Å². The van der Waals surface area contributed by atoms with E-state index in [1.165, 1.54) is 0 Å². The highest BCUT2D eigenvalue weighted by atomic mass is 19.4. The smallest absolute Gasteiger partial charge is 0.350 e. The zero-order valence-corrected chi connectivity index (χ0v) is 9.99. The first-order valence-electron chi connectivity index (χ1n) is 4.51. The number of hydrogen-bond acceptors (Lipinski definition) is 6. The van der Waals surface area contributed by atoms with Crippen molar-refractivity contribution < 1.29 is 81.2 Å². The van der Waals surface area contributed by atoms with E-state index >= 15 is 0 Å². The predicted molar refractivity (Wildman–Crippen MR) is 37.8 cm³/mol.